The van der Waals surface area contributed by atoms with Crippen LogP contribution in [0.1, 0.15) is 12.8 Å². The van der Waals surface area contributed by atoms with Crippen molar-refractivity contribution < 1.29 is 8.95 Å². The molecular formula is C13H22N2O2S. The molecule has 0 saturated carbocycles. The maximum Gasteiger partial charge on any atom is 0.0795 e. The van der Waals surface area contributed by atoms with Crippen LogP contribution in [-0.2, 0) is 15.5 Å². The summed E-state index contributed by atoms with van der Waals surface area (Å²) >= 11 is 0. The molecule has 1 unspecified atom stereocenters. The lowest BCUT2D eigenvalue weighted by molar-refractivity contribution is 0.0464. The Balaban J connectivity index is 0.00000162. The lowest BCUT2D eigenvalue weighted by Gasteiger charge is -2.30. The summed E-state index contributed by atoms with van der Waals surface area (Å²) in [6, 6.07) is 9.68. The SMILES string of the molecule is COC1CCN(CS(=O)c2ccccc2)CC1.N. The van der Waals surface area contributed by atoms with E-state index in [1.807, 2.05) is 30.3 Å². The lowest BCUT2D eigenvalue weighted by atomic mass is 10.1. The molecule has 1 aliphatic heterocycles. The molecule has 0 aromatic heterocycles. The van der Waals surface area contributed by atoms with E-state index in [-0.39, 0.29) is 6.15 Å². The van der Waals surface area contributed by atoms with Crippen molar-refractivity contribution in [2.45, 2.75) is 23.8 Å². The molecule has 0 amide bonds. The Morgan fingerprint density at radius 1 is 1.28 bits per heavy atom. The predicted molar refractivity (Wildman–Crippen MR) is 74.3 cm³/mol. The van der Waals surface area contributed by atoms with Crippen LogP contribution in [0.2, 0.25) is 0 Å². The van der Waals surface area contributed by atoms with Crippen molar-refractivity contribution in [1.82, 2.24) is 11.1 Å². The van der Waals surface area contributed by atoms with Crippen LogP contribution in [0.5, 0.6) is 0 Å². The van der Waals surface area contributed by atoms with Crippen LogP contribution < -0.4 is 6.15 Å². The molecule has 1 aromatic rings. The Bertz CT molecular complexity index is 365. The minimum Gasteiger partial charge on any atom is -0.381 e. The second-order valence-corrected chi connectivity index (χ2v) is 5.76. The van der Waals surface area contributed by atoms with Crippen molar-refractivity contribution in [3.8, 4) is 0 Å². The molecule has 0 bridgehead atoms. The molecular weight excluding hydrogens is 248 g/mol. The number of rotatable bonds is 4. The first-order valence-electron chi connectivity index (χ1n) is 5.98. The summed E-state index contributed by atoms with van der Waals surface area (Å²) in [7, 11) is 0.857. The molecule has 2 rings (SSSR count). The lowest BCUT2D eigenvalue weighted by Crippen LogP contribution is -2.38. The van der Waals surface area contributed by atoms with Gasteiger partial charge in [0, 0.05) is 25.1 Å². The number of ether oxygens (including phenoxy) is 1. The fourth-order valence-corrected chi connectivity index (χ4v) is 3.29. The molecule has 0 spiro atoms. The zero-order valence-corrected chi connectivity index (χ0v) is 11.7. The van der Waals surface area contributed by atoms with Gasteiger partial charge in [0.05, 0.1) is 22.8 Å². The highest BCUT2D eigenvalue weighted by Gasteiger charge is 2.20. The highest BCUT2D eigenvalue weighted by Crippen LogP contribution is 2.15. The van der Waals surface area contributed by atoms with E-state index in [4.69, 9.17) is 4.74 Å². The van der Waals surface area contributed by atoms with E-state index in [1.54, 1.807) is 7.11 Å². The first-order chi connectivity index (χ1) is 8.29. The van der Waals surface area contributed by atoms with Crippen LogP contribution in [0.4, 0.5) is 0 Å². The van der Waals surface area contributed by atoms with Gasteiger partial charge in [-0.1, -0.05) is 18.2 Å². The number of benzene rings is 1. The fourth-order valence-electron chi connectivity index (χ4n) is 2.09. The average Bonchev–Trinajstić information content (AvgIpc) is 2.40. The van der Waals surface area contributed by atoms with Crippen molar-refractivity contribution >= 4 is 10.8 Å². The summed E-state index contributed by atoms with van der Waals surface area (Å²) in [5, 5.41) is 0. The van der Waals surface area contributed by atoms with Gasteiger partial charge in [-0.05, 0) is 25.0 Å². The number of hydrogen-bond donors (Lipinski definition) is 1. The average molecular weight is 270 g/mol. The predicted octanol–water partition coefficient (Wildman–Crippen LogP) is 2.02. The van der Waals surface area contributed by atoms with Gasteiger partial charge in [0.1, 0.15) is 0 Å². The monoisotopic (exact) mass is 270 g/mol. The topological polar surface area (TPSA) is 64.5 Å². The minimum atomic E-state index is -0.909. The number of hydrogen-bond acceptors (Lipinski definition) is 4. The van der Waals surface area contributed by atoms with Gasteiger partial charge in [0.15, 0.2) is 0 Å². The highest BCUT2D eigenvalue weighted by atomic mass is 32.2. The minimum absolute atomic E-state index is 0. The van der Waals surface area contributed by atoms with Gasteiger partial charge in [-0.15, -0.1) is 0 Å². The molecule has 102 valence electrons. The second kappa shape index (κ2) is 7.63. The third-order valence-corrected chi connectivity index (χ3v) is 4.57. The van der Waals surface area contributed by atoms with E-state index in [0.717, 1.165) is 30.8 Å². The van der Waals surface area contributed by atoms with Crippen molar-refractivity contribution in [1.29, 1.82) is 0 Å². The Kier molecular flexibility index (Phi) is 6.49. The smallest absolute Gasteiger partial charge is 0.0795 e. The quantitative estimate of drug-likeness (QED) is 0.909. The molecule has 1 aliphatic rings. The Labute approximate surface area is 111 Å². The maximum atomic E-state index is 12.1. The molecule has 1 aromatic carbocycles. The highest BCUT2D eigenvalue weighted by molar-refractivity contribution is 7.85. The number of piperidine rings is 1. The molecule has 18 heavy (non-hydrogen) atoms. The molecule has 1 saturated heterocycles. The molecule has 4 nitrogen and oxygen atoms in total. The number of likely N-dealkylation sites (tertiary alicyclic amines) is 1. The first kappa shape index (κ1) is 15.3. The van der Waals surface area contributed by atoms with E-state index in [2.05, 4.69) is 4.90 Å². The van der Waals surface area contributed by atoms with Crippen LogP contribution in [0.25, 0.3) is 0 Å². The van der Waals surface area contributed by atoms with Crippen LogP contribution in [-0.4, -0.2) is 41.3 Å². The standard InChI is InChI=1S/C13H19NO2S.H3N/c1-16-12-7-9-14(10-8-12)11-17(15)13-5-3-2-4-6-13;/h2-6,12H,7-11H2,1H3;1H3. The summed E-state index contributed by atoms with van der Waals surface area (Å²) in [6.45, 7) is 1.97. The summed E-state index contributed by atoms with van der Waals surface area (Å²) in [6.07, 6.45) is 2.47. The van der Waals surface area contributed by atoms with Gasteiger partial charge in [-0.3, -0.25) is 9.11 Å². The van der Waals surface area contributed by atoms with Crippen LogP contribution in [0.15, 0.2) is 35.2 Å². The Hall–Kier alpha value is -0.750. The number of methoxy groups -OCH3 is 1. The van der Waals surface area contributed by atoms with Crippen LogP contribution >= 0.6 is 0 Å². The van der Waals surface area contributed by atoms with E-state index in [9.17, 15) is 4.21 Å². The van der Waals surface area contributed by atoms with Gasteiger partial charge in [-0.2, -0.15) is 0 Å². The van der Waals surface area contributed by atoms with E-state index >= 15 is 0 Å². The van der Waals surface area contributed by atoms with Gasteiger partial charge in [-0.25, -0.2) is 0 Å². The van der Waals surface area contributed by atoms with Gasteiger partial charge in [0.25, 0.3) is 0 Å². The van der Waals surface area contributed by atoms with Crippen molar-refractivity contribution in [3.63, 3.8) is 0 Å². The van der Waals surface area contributed by atoms with Crippen molar-refractivity contribution in [2.75, 3.05) is 26.1 Å². The van der Waals surface area contributed by atoms with Crippen LogP contribution in [0, 0.1) is 0 Å². The molecule has 0 radical (unpaired) electrons. The molecule has 1 heterocycles. The molecule has 3 N–H and O–H groups in total. The van der Waals surface area contributed by atoms with E-state index < -0.39 is 10.8 Å². The Morgan fingerprint density at radius 3 is 2.44 bits per heavy atom. The molecule has 5 heteroatoms. The normalized spacial score (nSPS) is 19.2. The third-order valence-electron chi connectivity index (χ3n) is 3.17. The first-order valence-corrected chi connectivity index (χ1v) is 7.30. The zero-order chi connectivity index (χ0) is 12.1. The summed E-state index contributed by atoms with van der Waals surface area (Å²) in [5.74, 6) is 0.639. The number of nitrogens with zero attached hydrogens (tertiary/aromatic N) is 1. The van der Waals surface area contributed by atoms with Gasteiger partial charge >= 0.3 is 0 Å². The van der Waals surface area contributed by atoms with Crippen molar-refractivity contribution in [3.05, 3.63) is 30.3 Å². The van der Waals surface area contributed by atoms with Gasteiger partial charge < -0.3 is 10.9 Å². The summed E-state index contributed by atoms with van der Waals surface area (Å²) in [4.78, 5) is 3.18. The van der Waals surface area contributed by atoms with Crippen molar-refractivity contribution in [2.24, 2.45) is 0 Å². The Morgan fingerprint density at radius 2 is 1.89 bits per heavy atom. The fraction of sp³-hybridized carbons (Fsp3) is 0.538. The molecule has 1 atom stereocenters. The molecule has 1 fully saturated rings. The zero-order valence-electron chi connectivity index (χ0n) is 10.9. The largest absolute Gasteiger partial charge is 0.381 e. The summed E-state index contributed by atoms with van der Waals surface area (Å²) in [5.41, 5.74) is 0. The van der Waals surface area contributed by atoms with E-state index in [0.29, 0.717) is 12.0 Å². The third kappa shape index (κ3) is 4.17. The summed E-state index contributed by atoms with van der Waals surface area (Å²) < 4.78 is 17.4. The van der Waals surface area contributed by atoms with Crippen LogP contribution in [0.3, 0.4) is 0 Å². The van der Waals surface area contributed by atoms with E-state index in [1.165, 1.54) is 0 Å². The van der Waals surface area contributed by atoms with Gasteiger partial charge in [0.2, 0.25) is 0 Å². The second-order valence-electron chi connectivity index (χ2n) is 4.34. The maximum absolute atomic E-state index is 12.1. The molecule has 0 aliphatic carbocycles.